The van der Waals surface area contributed by atoms with E-state index in [-0.39, 0.29) is 11.3 Å². The Morgan fingerprint density at radius 1 is 1.06 bits per heavy atom. The summed E-state index contributed by atoms with van der Waals surface area (Å²) in [4.78, 5) is 27.3. The molecule has 0 atom stereocenters. The molecule has 0 aliphatic rings. The number of esters is 1. The van der Waals surface area contributed by atoms with E-state index in [0.29, 0.717) is 13.0 Å². The van der Waals surface area contributed by atoms with Crippen LogP contribution in [0.25, 0.3) is 10.9 Å². The minimum absolute atomic E-state index is 0.122. The number of amides is 1. The summed E-state index contributed by atoms with van der Waals surface area (Å²) in [6, 6.07) is 7.01. The van der Waals surface area contributed by atoms with Crippen molar-refractivity contribution in [3.63, 3.8) is 0 Å². The molecule has 0 aliphatic heterocycles. The molecule has 0 unspecified atom stereocenters. The Morgan fingerprint density at radius 2 is 1.74 bits per heavy atom. The third-order valence-corrected chi connectivity index (χ3v) is 4.32. The lowest BCUT2D eigenvalue weighted by molar-refractivity contribution is 0.0528. The number of ether oxygens (including phenoxy) is 2. The zero-order valence-corrected chi connectivity index (χ0v) is 17.4. The zero-order valence-electron chi connectivity index (χ0n) is 17.4. The minimum atomic E-state index is -0.811. The molecule has 1 aromatic heterocycles. The van der Waals surface area contributed by atoms with Crippen molar-refractivity contribution in [1.29, 1.82) is 0 Å². The van der Waals surface area contributed by atoms with Crippen LogP contribution in [0, 0.1) is 0 Å². The summed E-state index contributed by atoms with van der Waals surface area (Å²) < 4.78 is 10.5. The Balaban J connectivity index is 1.70. The van der Waals surface area contributed by atoms with E-state index in [2.05, 4.69) is 10.3 Å². The highest BCUT2D eigenvalue weighted by Crippen LogP contribution is 2.35. The van der Waals surface area contributed by atoms with Crippen LogP contribution in [0.2, 0.25) is 0 Å². The van der Waals surface area contributed by atoms with Crippen molar-refractivity contribution in [2.75, 3.05) is 6.54 Å². The van der Waals surface area contributed by atoms with Gasteiger partial charge in [-0.05, 0) is 63.1 Å². The van der Waals surface area contributed by atoms with E-state index < -0.39 is 34.9 Å². The summed E-state index contributed by atoms with van der Waals surface area (Å²) >= 11 is 0. The van der Waals surface area contributed by atoms with Crippen molar-refractivity contribution in [1.82, 2.24) is 10.3 Å². The quantitative estimate of drug-likeness (QED) is 0.238. The molecule has 0 radical (unpaired) electrons. The third kappa shape index (κ3) is 5.39. The van der Waals surface area contributed by atoms with Crippen LogP contribution >= 0.6 is 0 Å². The Bertz CT molecular complexity index is 1110. The number of benzene rings is 2. The number of aromatic amines is 1. The molecule has 0 saturated carbocycles. The van der Waals surface area contributed by atoms with E-state index in [1.165, 1.54) is 0 Å². The van der Waals surface area contributed by atoms with Crippen LogP contribution in [0.5, 0.6) is 23.0 Å². The van der Waals surface area contributed by atoms with Crippen molar-refractivity contribution in [2.45, 2.75) is 32.8 Å². The maximum atomic E-state index is 12.4. The van der Waals surface area contributed by atoms with E-state index >= 15 is 0 Å². The number of H-pyrrole nitrogens is 1. The second-order valence-corrected chi connectivity index (χ2v) is 7.95. The number of fused-ring (bicyclic) bond motifs is 1. The molecule has 0 bridgehead atoms. The maximum Gasteiger partial charge on any atom is 0.407 e. The summed E-state index contributed by atoms with van der Waals surface area (Å²) in [6.07, 6.45) is 1.83. The first kappa shape index (κ1) is 21.8. The summed E-state index contributed by atoms with van der Waals surface area (Å²) in [5.41, 5.74) is 1.04. The van der Waals surface area contributed by atoms with Crippen LogP contribution < -0.4 is 10.1 Å². The topological polar surface area (TPSA) is 141 Å². The van der Waals surface area contributed by atoms with Crippen molar-refractivity contribution >= 4 is 23.0 Å². The monoisotopic (exact) mass is 428 g/mol. The number of hydrogen-bond donors (Lipinski definition) is 5. The normalized spacial score (nSPS) is 11.3. The van der Waals surface area contributed by atoms with Gasteiger partial charge in [-0.2, -0.15) is 0 Å². The predicted octanol–water partition coefficient (Wildman–Crippen LogP) is 3.57. The highest BCUT2D eigenvalue weighted by atomic mass is 16.6. The highest BCUT2D eigenvalue weighted by molar-refractivity contribution is 5.93. The molecule has 1 heterocycles. The average molecular weight is 428 g/mol. The van der Waals surface area contributed by atoms with Gasteiger partial charge in [0.05, 0.1) is 5.56 Å². The Labute approximate surface area is 178 Å². The second-order valence-electron chi connectivity index (χ2n) is 7.95. The van der Waals surface area contributed by atoms with E-state index in [0.717, 1.165) is 28.6 Å². The number of phenolic OH excluding ortho intramolecular Hbond substituents is 3. The number of alkyl carbamates (subject to hydrolysis) is 1. The number of aromatic nitrogens is 1. The molecule has 9 nitrogen and oxygen atoms in total. The minimum Gasteiger partial charge on any atom is -0.504 e. The number of carbonyl (C=O) groups excluding carboxylic acids is 2. The lowest BCUT2D eigenvalue weighted by Crippen LogP contribution is -2.33. The van der Waals surface area contributed by atoms with Gasteiger partial charge < -0.3 is 35.1 Å². The summed E-state index contributed by atoms with van der Waals surface area (Å²) in [7, 11) is 0. The standard InChI is InChI=1S/C22H24N2O7/c1-22(2,3)31-21(29)23-7-6-12-11-24-16-5-4-14(10-15(12)16)30-20(28)13-8-17(25)19(27)18(26)9-13/h4-5,8-11,24-27H,6-7H2,1-3H3,(H,23,29). The largest absolute Gasteiger partial charge is 0.504 e. The van der Waals surface area contributed by atoms with Gasteiger partial charge in [0.15, 0.2) is 17.2 Å². The fraction of sp³-hybridized carbons (Fsp3) is 0.273. The molecule has 9 heteroatoms. The number of phenols is 3. The van der Waals surface area contributed by atoms with Gasteiger partial charge in [0.25, 0.3) is 0 Å². The smallest absolute Gasteiger partial charge is 0.407 e. The molecule has 3 rings (SSSR count). The lowest BCUT2D eigenvalue weighted by atomic mass is 10.1. The molecule has 0 saturated heterocycles. The summed E-state index contributed by atoms with van der Waals surface area (Å²) in [5, 5.41) is 32.0. The third-order valence-electron chi connectivity index (χ3n) is 4.32. The maximum absolute atomic E-state index is 12.4. The van der Waals surface area contributed by atoms with Crippen LogP contribution in [0.1, 0.15) is 36.7 Å². The number of nitrogens with one attached hydrogen (secondary N) is 2. The molecule has 0 fully saturated rings. The Kier molecular flexibility index (Phi) is 5.96. The molecule has 1 amide bonds. The molecule has 31 heavy (non-hydrogen) atoms. The molecule has 0 spiro atoms. The highest BCUT2D eigenvalue weighted by Gasteiger charge is 2.17. The van der Waals surface area contributed by atoms with E-state index in [9.17, 15) is 24.9 Å². The number of carbonyl (C=O) groups is 2. The lowest BCUT2D eigenvalue weighted by Gasteiger charge is -2.19. The first-order valence-electron chi connectivity index (χ1n) is 9.57. The molecular formula is C22H24N2O7. The first-order valence-corrected chi connectivity index (χ1v) is 9.57. The van der Waals surface area contributed by atoms with Crippen molar-refractivity contribution < 1.29 is 34.4 Å². The van der Waals surface area contributed by atoms with Crippen LogP contribution in [0.4, 0.5) is 4.79 Å². The van der Waals surface area contributed by atoms with Crippen LogP contribution in [0.3, 0.4) is 0 Å². The van der Waals surface area contributed by atoms with Crippen molar-refractivity contribution in [3.05, 3.63) is 47.7 Å². The van der Waals surface area contributed by atoms with Gasteiger partial charge in [-0.1, -0.05) is 0 Å². The van der Waals surface area contributed by atoms with E-state index in [1.54, 1.807) is 39.0 Å². The van der Waals surface area contributed by atoms with Crippen molar-refractivity contribution in [2.24, 2.45) is 0 Å². The van der Waals surface area contributed by atoms with Gasteiger partial charge in [0, 0.05) is 23.6 Å². The van der Waals surface area contributed by atoms with Gasteiger partial charge in [-0.3, -0.25) is 0 Å². The summed E-state index contributed by atoms with van der Waals surface area (Å²) in [6.45, 7) is 5.72. The number of hydrogen-bond acceptors (Lipinski definition) is 7. The molecule has 164 valence electrons. The van der Waals surface area contributed by atoms with Gasteiger partial charge in [0.1, 0.15) is 11.4 Å². The number of rotatable bonds is 5. The Morgan fingerprint density at radius 3 is 2.39 bits per heavy atom. The average Bonchev–Trinajstić information content (AvgIpc) is 3.06. The van der Waals surface area contributed by atoms with Gasteiger partial charge in [-0.15, -0.1) is 0 Å². The summed E-state index contributed by atoms with van der Waals surface area (Å²) in [5.74, 6) is -2.53. The molecular weight excluding hydrogens is 404 g/mol. The predicted molar refractivity (Wildman–Crippen MR) is 113 cm³/mol. The van der Waals surface area contributed by atoms with Crippen LogP contribution in [-0.2, 0) is 11.2 Å². The fourth-order valence-electron chi connectivity index (χ4n) is 2.93. The zero-order chi connectivity index (χ0) is 22.8. The van der Waals surface area contributed by atoms with Crippen LogP contribution in [-0.4, -0.2) is 44.5 Å². The Hall–Kier alpha value is -3.88. The first-order chi connectivity index (χ1) is 14.5. The fourth-order valence-corrected chi connectivity index (χ4v) is 2.93. The van der Waals surface area contributed by atoms with Gasteiger partial charge in [0.2, 0.25) is 0 Å². The molecule has 0 aliphatic carbocycles. The number of aromatic hydroxyl groups is 3. The molecule has 5 N–H and O–H groups in total. The van der Waals surface area contributed by atoms with Gasteiger partial charge in [-0.25, -0.2) is 9.59 Å². The van der Waals surface area contributed by atoms with E-state index in [4.69, 9.17) is 9.47 Å². The second kappa shape index (κ2) is 8.47. The van der Waals surface area contributed by atoms with E-state index in [1.807, 2.05) is 6.20 Å². The SMILES string of the molecule is CC(C)(C)OC(=O)NCCc1c[nH]c2ccc(OC(=O)c3cc(O)c(O)c(O)c3)cc12. The molecule has 3 aromatic rings. The van der Waals surface area contributed by atoms with Crippen molar-refractivity contribution in [3.8, 4) is 23.0 Å². The molecule has 2 aromatic carbocycles. The van der Waals surface area contributed by atoms with Crippen LogP contribution in [0.15, 0.2) is 36.5 Å². The van der Waals surface area contributed by atoms with Gasteiger partial charge >= 0.3 is 12.1 Å².